The molecular weight excluding hydrogens is 440 g/mol. The highest BCUT2D eigenvalue weighted by molar-refractivity contribution is 6.34. The number of carbonyl (C=O) groups is 4. The Bertz CT molecular complexity index is 1190. The monoisotopic (exact) mass is 460 g/mol. The smallest absolute Gasteiger partial charge is 0.274 e. The lowest BCUT2D eigenvalue weighted by atomic mass is 9.63. The SMILES string of the molecule is O=C(CN(C(=O)c1ccccc1Cl)N1C(=O)[C@@H]2[C@H]3C=C[C@@H]([C@@H]4C[C@@H]34)[C@@H]2C1=O)c1ccccc1. The number of nitrogens with zero attached hydrogens (tertiary/aromatic N) is 2. The molecule has 1 heterocycles. The molecule has 6 nitrogen and oxygen atoms in total. The average molecular weight is 461 g/mol. The second kappa shape index (κ2) is 7.39. The molecule has 166 valence electrons. The van der Waals surface area contributed by atoms with Crippen LogP contribution in [0.1, 0.15) is 27.1 Å². The molecule has 33 heavy (non-hydrogen) atoms. The first kappa shape index (κ1) is 20.4. The van der Waals surface area contributed by atoms with Crippen molar-refractivity contribution < 1.29 is 19.2 Å². The summed E-state index contributed by atoms with van der Waals surface area (Å²) in [5, 5.41) is 2.14. The van der Waals surface area contributed by atoms with Gasteiger partial charge in [0.05, 0.1) is 22.4 Å². The van der Waals surface area contributed by atoms with Crippen molar-refractivity contribution in [2.75, 3.05) is 6.54 Å². The largest absolute Gasteiger partial charge is 0.292 e. The van der Waals surface area contributed by atoms with Gasteiger partial charge >= 0.3 is 0 Å². The van der Waals surface area contributed by atoms with E-state index in [0.717, 1.165) is 16.4 Å². The molecule has 2 bridgehead atoms. The van der Waals surface area contributed by atoms with E-state index in [2.05, 4.69) is 12.2 Å². The first-order valence-electron chi connectivity index (χ1n) is 11.2. The molecule has 0 spiro atoms. The molecule has 0 aromatic heterocycles. The zero-order chi connectivity index (χ0) is 22.9. The molecule has 1 saturated heterocycles. The van der Waals surface area contributed by atoms with Crippen molar-refractivity contribution in [1.29, 1.82) is 0 Å². The van der Waals surface area contributed by atoms with Crippen LogP contribution in [0.3, 0.4) is 0 Å². The molecule has 0 N–H and O–H groups in total. The molecule has 3 amide bonds. The Labute approximate surface area is 195 Å². The Morgan fingerprint density at radius 1 is 0.879 bits per heavy atom. The van der Waals surface area contributed by atoms with Crippen LogP contribution in [0.4, 0.5) is 0 Å². The van der Waals surface area contributed by atoms with Crippen molar-refractivity contribution >= 4 is 35.1 Å². The second-order valence-corrected chi connectivity index (χ2v) is 9.68. The molecule has 7 heteroatoms. The lowest BCUT2D eigenvalue weighted by Crippen LogP contribution is -2.52. The zero-order valence-electron chi connectivity index (χ0n) is 17.6. The van der Waals surface area contributed by atoms with Crippen LogP contribution >= 0.6 is 11.6 Å². The van der Waals surface area contributed by atoms with E-state index in [1.165, 1.54) is 6.07 Å². The number of allylic oxidation sites excluding steroid dienone is 2. The van der Waals surface area contributed by atoms with Crippen LogP contribution in [0.5, 0.6) is 0 Å². The van der Waals surface area contributed by atoms with Gasteiger partial charge in [0.2, 0.25) is 0 Å². The van der Waals surface area contributed by atoms with Crippen LogP contribution in [0.25, 0.3) is 0 Å². The zero-order valence-corrected chi connectivity index (χ0v) is 18.4. The average Bonchev–Trinajstić information content (AvgIpc) is 3.62. The van der Waals surface area contributed by atoms with Gasteiger partial charge in [-0.3, -0.25) is 19.2 Å². The number of ketones is 1. The molecular formula is C26H21ClN2O4. The third-order valence-electron chi connectivity index (χ3n) is 7.61. The molecule has 7 rings (SSSR count). The molecule has 6 atom stereocenters. The standard InChI is InChI=1S/C26H21ClN2O4/c27-20-9-5-4-8-17(20)24(31)28(13-21(30)14-6-2-1-3-7-14)29-25(32)22-15-10-11-16(19-12-18(15)19)23(22)26(29)33/h1-11,15-16,18-19,22-23H,12-13H2/t15-,16-,18-,19-,22-,23+/m0/s1. The van der Waals surface area contributed by atoms with Gasteiger partial charge in [0.1, 0.15) is 6.54 Å². The van der Waals surface area contributed by atoms with Crippen LogP contribution in [0.2, 0.25) is 5.02 Å². The number of hydrogen-bond acceptors (Lipinski definition) is 4. The van der Waals surface area contributed by atoms with E-state index in [0.29, 0.717) is 17.4 Å². The minimum atomic E-state index is -0.643. The normalized spacial score (nSPS) is 30.8. The van der Waals surface area contributed by atoms with Gasteiger partial charge in [-0.2, -0.15) is 5.01 Å². The summed E-state index contributed by atoms with van der Waals surface area (Å²) in [7, 11) is 0. The molecule has 2 saturated carbocycles. The summed E-state index contributed by atoms with van der Waals surface area (Å²) in [6, 6.07) is 15.0. The van der Waals surface area contributed by atoms with Gasteiger partial charge in [0.15, 0.2) is 5.78 Å². The number of Topliss-reactive ketones (excluding diaryl/α,β-unsaturated/α-hetero) is 1. The maximum atomic E-state index is 13.6. The molecule has 0 radical (unpaired) electrons. The summed E-state index contributed by atoms with van der Waals surface area (Å²) in [6.45, 7) is -0.430. The van der Waals surface area contributed by atoms with Crippen molar-refractivity contribution in [1.82, 2.24) is 10.0 Å². The van der Waals surface area contributed by atoms with Gasteiger partial charge in [-0.05, 0) is 42.2 Å². The highest BCUT2D eigenvalue weighted by Gasteiger charge is 2.68. The number of imide groups is 1. The maximum absolute atomic E-state index is 13.6. The van der Waals surface area contributed by atoms with Gasteiger partial charge in [0, 0.05) is 5.56 Å². The van der Waals surface area contributed by atoms with Crippen LogP contribution in [0.15, 0.2) is 66.7 Å². The topological polar surface area (TPSA) is 74.8 Å². The highest BCUT2D eigenvalue weighted by atomic mass is 35.5. The summed E-state index contributed by atoms with van der Waals surface area (Å²) in [5.74, 6) is -1.80. The number of hydrogen-bond donors (Lipinski definition) is 0. The van der Waals surface area contributed by atoms with Gasteiger partial charge < -0.3 is 0 Å². The van der Waals surface area contributed by atoms with Gasteiger partial charge in [-0.25, -0.2) is 5.01 Å². The van der Waals surface area contributed by atoms with E-state index >= 15 is 0 Å². The van der Waals surface area contributed by atoms with E-state index in [4.69, 9.17) is 11.6 Å². The first-order valence-corrected chi connectivity index (χ1v) is 11.6. The maximum Gasteiger partial charge on any atom is 0.274 e. The van der Waals surface area contributed by atoms with Crippen LogP contribution in [0, 0.1) is 35.5 Å². The Morgan fingerprint density at radius 2 is 1.45 bits per heavy atom. The summed E-state index contributed by atoms with van der Waals surface area (Å²) in [6.07, 6.45) is 5.19. The lowest BCUT2D eigenvalue weighted by molar-refractivity contribution is -0.154. The predicted octanol–water partition coefficient (Wildman–Crippen LogP) is 3.63. The van der Waals surface area contributed by atoms with Crippen molar-refractivity contribution in [3.8, 4) is 0 Å². The van der Waals surface area contributed by atoms with Gasteiger partial charge in [-0.15, -0.1) is 0 Å². The Balaban J connectivity index is 1.38. The summed E-state index contributed by atoms with van der Waals surface area (Å²) in [5.41, 5.74) is 0.536. The highest BCUT2D eigenvalue weighted by Crippen LogP contribution is 2.65. The lowest BCUT2D eigenvalue weighted by Gasteiger charge is -2.37. The number of amides is 3. The number of halogens is 1. The minimum Gasteiger partial charge on any atom is -0.292 e. The third kappa shape index (κ3) is 3.00. The molecule has 4 aliphatic carbocycles. The Morgan fingerprint density at radius 3 is 2.06 bits per heavy atom. The fourth-order valence-electron chi connectivity index (χ4n) is 6.04. The third-order valence-corrected chi connectivity index (χ3v) is 7.94. The van der Waals surface area contributed by atoms with E-state index in [1.807, 2.05) is 0 Å². The Hall–Kier alpha value is -3.25. The van der Waals surface area contributed by atoms with E-state index < -0.39 is 36.1 Å². The number of rotatable bonds is 5. The predicted molar refractivity (Wildman–Crippen MR) is 120 cm³/mol. The van der Waals surface area contributed by atoms with E-state index in [-0.39, 0.29) is 28.2 Å². The number of benzene rings is 2. The first-order chi connectivity index (χ1) is 16.0. The van der Waals surface area contributed by atoms with E-state index in [1.54, 1.807) is 48.5 Å². The molecule has 2 aromatic rings. The Kier molecular flexibility index (Phi) is 4.56. The number of hydrazine groups is 1. The number of carbonyl (C=O) groups excluding carboxylic acids is 4. The van der Waals surface area contributed by atoms with Gasteiger partial charge in [-0.1, -0.05) is 66.2 Å². The van der Waals surface area contributed by atoms with E-state index in [9.17, 15) is 19.2 Å². The summed E-state index contributed by atoms with van der Waals surface area (Å²) < 4.78 is 0. The fraction of sp³-hybridized carbons (Fsp3) is 0.308. The van der Waals surface area contributed by atoms with Crippen LogP contribution < -0.4 is 0 Å². The van der Waals surface area contributed by atoms with Gasteiger partial charge in [0.25, 0.3) is 17.7 Å². The molecule has 5 aliphatic rings. The quantitative estimate of drug-likeness (QED) is 0.388. The van der Waals surface area contributed by atoms with Crippen molar-refractivity contribution in [3.05, 3.63) is 82.9 Å². The molecule has 1 aliphatic heterocycles. The summed E-state index contributed by atoms with van der Waals surface area (Å²) >= 11 is 6.27. The molecule has 0 unspecified atom stereocenters. The summed E-state index contributed by atoms with van der Waals surface area (Å²) in [4.78, 5) is 53.9. The minimum absolute atomic E-state index is 0.0218. The second-order valence-electron chi connectivity index (χ2n) is 9.27. The fourth-order valence-corrected chi connectivity index (χ4v) is 6.25. The van der Waals surface area contributed by atoms with Crippen molar-refractivity contribution in [3.63, 3.8) is 0 Å². The van der Waals surface area contributed by atoms with Crippen molar-refractivity contribution in [2.45, 2.75) is 6.42 Å². The van der Waals surface area contributed by atoms with Crippen molar-refractivity contribution in [2.24, 2.45) is 35.5 Å². The van der Waals surface area contributed by atoms with Crippen LogP contribution in [-0.4, -0.2) is 40.1 Å². The molecule has 3 fully saturated rings. The molecule has 2 aromatic carbocycles. The van der Waals surface area contributed by atoms with Crippen LogP contribution in [-0.2, 0) is 9.59 Å².